The van der Waals surface area contributed by atoms with Crippen LogP contribution in [0.1, 0.15) is 44.9 Å². The van der Waals surface area contributed by atoms with Gasteiger partial charge in [-0.2, -0.15) is 5.26 Å². The van der Waals surface area contributed by atoms with E-state index in [0.717, 1.165) is 24.7 Å². The predicted molar refractivity (Wildman–Crippen MR) is 67.4 cm³/mol. The van der Waals surface area contributed by atoms with Gasteiger partial charge >= 0.3 is 0 Å². The highest BCUT2D eigenvalue weighted by Crippen LogP contribution is 2.58. The quantitative estimate of drug-likeness (QED) is 0.764. The SMILES string of the molecule is N#CC(C(=O)C1CC1)C1C2CC3CC(C2)CC1C3. The van der Waals surface area contributed by atoms with E-state index in [4.69, 9.17) is 0 Å². The molecule has 96 valence electrons. The molecular formula is C16H21NO. The highest BCUT2D eigenvalue weighted by atomic mass is 16.1. The van der Waals surface area contributed by atoms with Crippen LogP contribution in [-0.4, -0.2) is 5.78 Å². The molecule has 1 atom stereocenters. The number of hydrogen-bond acceptors (Lipinski definition) is 2. The molecule has 0 aliphatic heterocycles. The Morgan fingerprint density at radius 2 is 1.56 bits per heavy atom. The lowest BCUT2D eigenvalue weighted by molar-refractivity contribution is -0.130. The van der Waals surface area contributed by atoms with Crippen LogP contribution in [0.25, 0.3) is 0 Å². The molecule has 5 aliphatic rings. The van der Waals surface area contributed by atoms with Crippen LogP contribution in [0.5, 0.6) is 0 Å². The Hall–Kier alpha value is -0.840. The first-order chi connectivity index (χ1) is 8.76. The molecule has 2 nitrogen and oxygen atoms in total. The summed E-state index contributed by atoms with van der Waals surface area (Å²) in [6.45, 7) is 0. The van der Waals surface area contributed by atoms with E-state index in [1.54, 1.807) is 0 Å². The summed E-state index contributed by atoms with van der Waals surface area (Å²) in [6.07, 6.45) is 8.78. The first-order valence-corrected chi connectivity index (χ1v) is 7.69. The van der Waals surface area contributed by atoms with Crippen molar-refractivity contribution in [3.8, 4) is 6.07 Å². The third kappa shape index (κ3) is 1.56. The molecule has 0 heterocycles. The third-order valence-electron chi connectivity index (χ3n) is 6.11. The Bertz CT molecular complexity index is 389. The largest absolute Gasteiger partial charge is 0.298 e. The monoisotopic (exact) mass is 243 g/mol. The van der Waals surface area contributed by atoms with Gasteiger partial charge in [-0.25, -0.2) is 0 Å². The van der Waals surface area contributed by atoms with E-state index in [-0.39, 0.29) is 11.8 Å². The summed E-state index contributed by atoms with van der Waals surface area (Å²) in [5.74, 6) is 3.99. The van der Waals surface area contributed by atoms with Gasteiger partial charge in [0.2, 0.25) is 0 Å². The number of rotatable bonds is 3. The Morgan fingerprint density at radius 1 is 1.00 bits per heavy atom. The summed E-state index contributed by atoms with van der Waals surface area (Å²) in [5.41, 5.74) is 0. The summed E-state index contributed by atoms with van der Waals surface area (Å²) in [7, 11) is 0. The molecule has 0 aromatic heterocycles. The van der Waals surface area contributed by atoms with Gasteiger partial charge in [0.1, 0.15) is 5.92 Å². The first-order valence-electron chi connectivity index (χ1n) is 7.69. The molecule has 18 heavy (non-hydrogen) atoms. The Balaban J connectivity index is 1.59. The Morgan fingerprint density at radius 3 is 2.00 bits per heavy atom. The van der Waals surface area contributed by atoms with Gasteiger partial charge in [-0.1, -0.05) is 0 Å². The molecule has 0 amide bonds. The molecule has 0 saturated heterocycles. The van der Waals surface area contributed by atoms with Crippen LogP contribution in [0.15, 0.2) is 0 Å². The molecule has 0 aromatic carbocycles. The summed E-state index contributed by atoms with van der Waals surface area (Å²) >= 11 is 0. The number of nitriles is 1. The van der Waals surface area contributed by atoms with Crippen molar-refractivity contribution in [1.29, 1.82) is 5.26 Å². The van der Waals surface area contributed by atoms with E-state index >= 15 is 0 Å². The average molecular weight is 243 g/mol. The molecular weight excluding hydrogens is 222 g/mol. The van der Waals surface area contributed by atoms with Gasteiger partial charge in [0, 0.05) is 5.92 Å². The summed E-state index contributed by atoms with van der Waals surface area (Å²) in [5, 5.41) is 9.49. The van der Waals surface area contributed by atoms with Crippen LogP contribution >= 0.6 is 0 Å². The van der Waals surface area contributed by atoms with Gasteiger partial charge in [-0.15, -0.1) is 0 Å². The van der Waals surface area contributed by atoms with Crippen molar-refractivity contribution in [2.24, 2.45) is 41.4 Å². The Labute approximate surface area is 109 Å². The minimum atomic E-state index is -0.257. The van der Waals surface area contributed by atoms with E-state index in [1.807, 2.05) is 0 Å². The second-order valence-corrected chi connectivity index (χ2v) is 7.29. The zero-order valence-corrected chi connectivity index (χ0v) is 10.8. The highest BCUT2D eigenvalue weighted by molar-refractivity contribution is 5.87. The number of nitrogens with zero attached hydrogens (tertiary/aromatic N) is 1. The summed E-state index contributed by atoms with van der Waals surface area (Å²) < 4.78 is 0. The van der Waals surface area contributed by atoms with E-state index in [2.05, 4.69) is 6.07 Å². The zero-order valence-electron chi connectivity index (χ0n) is 10.8. The smallest absolute Gasteiger partial charge is 0.153 e. The van der Waals surface area contributed by atoms with Crippen LogP contribution in [0.4, 0.5) is 0 Å². The van der Waals surface area contributed by atoms with E-state index in [9.17, 15) is 10.1 Å². The number of carbonyl (C=O) groups excluding carboxylic acids is 1. The van der Waals surface area contributed by atoms with Crippen LogP contribution < -0.4 is 0 Å². The molecule has 1 unspecified atom stereocenters. The van der Waals surface area contributed by atoms with Gasteiger partial charge in [0.15, 0.2) is 5.78 Å². The fourth-order valence-corrected chi connectivity index (χ4v) is 5.47. The first kappa shape index (κ1) is 11.0. The number of ketones is 1. The molecule has 5 rings (SSSR count). The highest BCUT2D eigenvalue weighted by Gasteiger charge is 2.53. The summed E-state index contributed by atoms with van der Waals surface area (Å²) in [4.78, 5) is 12.3. The third-order valence-corrected chi connectivity index (χ3v) is 6.11. The molecule has 0 radical (unpaired) electrons. The van der Waals surface area contributed by atoms with Gasteiger partial charge in [-0.3, -0.25) is 4.79 Å². The van der Waals surface area contributed by atoms with Gasteiger partial charge in [-0.05, 0) is 74.5 Å². The molecule has 0 aromatic rings. The Kier molecular flexibility index (Phi) is 2.34. The van der Waals surface area contributed by atoms with Crippen molar-refractivity contribution < 1.29 is 4.79 Å². The number of hydrogen-bond donors (Lipinski definition) is 0. The fraction of sp³-hybridized carbons (Fsp3) is 0.875. The molecule has 5 fully saturated rings. The maximum atomic E-state index is 12.3. The van der Waals surface area contributed by atoms with Crippen LogP contribution in [-0.2, 0) is 4.79 Å². The van der Waals surface area contributed by atoms with Crippen molar-refractivity contribution in [2.45, 2.75) is 44.9 Å². The van der Waals surface area contributed by atoms with Crippen molar-refractivity contribution >= 4 is 5.78 Å². The van der Waals surface area contributed by atoms with Crippen molar-refractivity contribution in [3.05, 3.63) is 0 Å². The lowest BCUT2D eigenvalue weighted by Crippen LogP contribution is -2.49. The minimum absolute atomic E-state index is 0.256. The average Bonchev–Trinajstić information content (AvgIpc) is 3.16. The lowest BCUT2D eigenvalue weighted by atomic mass is 9.49. The molecule has 0 spiro atoms. The predicted octanol–water partition coefficient (Wildman–Crippen LogP) is 3.18. The maximum Gasteiger partial charge on any atom is 0.153 e. The second-order valence-electron chi connectivity index (χ2n) is 7.29. The standard InChI is InChI=1S/C16H21NO/c17-8-14(16(18)11-1-2-11)15-12-4-9-3-10(6-12)7-13(15)5-9/h9-15H,1-7H2. The van der Waals surface area contributed by atoms with Gasteiger partial charge in [0.05, 0.1) is 6.07 Å². The normalized spacial score (nSPS) is 46.7. The van der Waals surface area contributed by atoms with E-state index in [0.29, 0.717) is 23.5 Å². The molecule has 2 heteroatoms. The zero-order chi connectivity index (χ0) is 12.3. The van der Waals surface area contributed by atoms with Crippen molar-refractivity contribution in [3.63, 3.8) is 0 Å². The topological polar surface area (TPSA) is 40.9 Å². The van der Waals surface area contributed by atoms with Crippen LogP contribution in [0.2, 0.25) is 0 Å². The summed E-state index contributed by atoms with van der Waals surface area (Å²) in [6, 6.07) is 2.40. The second kappa shape index (κ2) is 3.83. The molecule has 5 aliphatic carbocycles. The lowest BCUT2D eigenvalue weighted by Gasteiger charge is -2.55. The van der Waals surface area contributed by atoms with Gasteiger partial charge < -0.3 is 0 Å². The number of Topliss-reactive ketones (excluding diaryl/α,β-unsaturated/α-hetero) is 1. The fourth-order valence-electron chi connectivity index (χ4n) is 5.47. The number of carbonyl (C=O) groups is 1. The van der Waals surface area contributed by atoms with Crippen LogP contribution in [0.3, 0.4) is 0 Å². The van der Waals surface area contributed by atoms with Gasteiger partial charge in [0.25, 0.3) is 0 Å². The molecule has 0 N–H and O–H groups in total. The molecule has 4 bridgehead atoms. The minimum Gasteiger partial charge on any atom is -0.298 e. The molecule has 5 saturated carbocycles. The van der Waals surface area contributed by atoms with E-state index in [1.165, 1.54) is 32.1 Å². The van der Waals surface area contributed by atoms with Crippen molar-refractivity contribution in [1.82, 2.24) is 0 Å². The maximum absolute atomic E-state index is 12.3. The van der Waals surface area contributed by atoms with E-state index < -0.39 is 0 Å². The van der Waals surface area contributed by atoms with Crippen LogP contribution in [0, 0.1) is 52.8 Å². The van der Waals surface area contributed by atoms with Crippen molar-refractivity contribution in [2.75, 3.05) is 0 Å².